The second-order valence-corrected chi connectivity index (χ2v) is 8.84. The first-order chi connectivity index (χ1) is 16.8. The van der Waals surface area contributed by atoms with Crippen molar-refractivity contribution < 1.29 is 18.0 Å². The quantitative estimate of drug-likeness (QED) is 0.395. The second-order valence-electron chi connectivity index (χ2n) is 8.84. The number of benzene rings is 1. The first-order valence-corrected chi connectivity index (χ1v) is 11.6. The Morgan fingerprint density at radius 3 is 2.43 bits per heavy atom. The number of rotatable bonds is 4. The van der Waals surface area contributed by atoms with Crippen LogP contribution in [0.2, 0.25) is 0 Å². The van der Waals surface area contributed by atoms with Gasteiger partial charge in [0.15, 0.2) is 28.8 Å². The lowest BCUT2D eigenvalue weighted by atomic mass is 9.87. The number of nitrogens with zero attached hydrogens (tertiary/aromatic N) is 6. The number of aryl methyl sites for hydroxylation is 2. The van der Waals surface area contributed by atoms with Gasteiger partial charge >= 0.3 is 0 Å². The van der Waals surface area contributed by atoms with Crippen LogP contribution in [-0.4, -0.2) is 41.4 Å². The van der Waals surface area contributed by atoms with E-state index >= 15 is 0 Å². The van der Waals surface area contributed by atoms with Gasteiger partial charge < -0.3 is 4.90 Å². The smallest absolute Gasteiger partial charge is 0.275 e. The van der Waals surface area contributed by atoms with Crippen LogP contribution >= 0.6 is 0 Å². The van der Waals surface area contributed by atoms with Gasteiger partial charge in [-0.15, -0.1) is 0 Å². The highest BCUT2D eigenvalue weighted by Crippen LogP contribution is 2.41. The fourth-order valence-electron chi connectivity index (χ4n) is 5.24. The number of pyridine rings is 1. The Bertz CT molecular complexity index is 1440. The van der Waals surface area contributed by atoms with Gasteiger partial charge in [-0.05, 0) is 43.5 Å². The van der Waals surface area contributed by atoms with Crippen molar-refractivity contribution in [3.8, 4) is 11.3 Å². The topological polar surface area (TPSA) is 68.8 Å². The lowest BCUT2D eigenvalue weighted by Crippen LogP contribution is -2.47. The molecule has 0 bridgehead atoms. The molecule has 2 atom stereocenters. The Hall–Kier alpha value is -3.69. The van der Waals surface area contributed by atoms with E-state index in [0.29, 0.717) is 47.4 Å². The average molecular weight is 483 g/mol. The van der Waals surface area contributed by atoms with E-state index in [9.17, 15) is 18.0 Å². The van der Waals surface area contributed by atoms with E-state index in [1.165, 1.54) is 0 Å². The maximum Gasteiger partial charge on any atom is 0.275 e. The summed E-state index contributed by atoms with van der Waals surface area (Å²) in [4.78, 5) is 20.1. The monoisotopic (exact) mass is 482 g/mol. The fraction of sp³-hybridized carbons (Fsp3) is 0.360. The largest absolute Gasteiger partial charge is 0.325 e. The zero-order valence-corrected chi connectivity index (χ0v) is 19.9. The summed E-state index contributed by atoms with van der Waals surface area (Å²) < 4.78 is 44.9. The van der Waals surface area contributed by atoms with Crippen molar-refractivity contribution in [3.63, 3.8) is 0 Å². The number of amides is 1. The number of carbonyl (C=O) groups is 1. The van der Waals surface area contributed by atoms with E-state index in [4.69, 9.17) is 0 Å². The molecule has 4 heterocycles. The Kier molecular flexibility index (Phi) is 5.61. The first-order valence-electron chi connectivity index (χ1n) is 11.6. The number of halogens is 3. The summed E-state index contributed by atoms with van der Waals surface area (Å²) in [6, 6.07) is 5.03. The molecule has 4 aromatic rings. The van der Waals surface area contributed by atoms with Crippen LogP contribution < -0.4 is 0 Å². The van der Waals surface area contributed by atoms with Crippen molar-refractivity contribution in [1.82, 2.24) is 29.4 Å². The minimum absolute atomic E-state index is 0.188. The molecule has 35 heavy (non-hydrogen) atoms. The van der Waals surface area contributed by atoms with Gasteiger partial charge in [0.05, 0.1) is 22.8 Å². The summed E-state index contributed by atoms with van der Waals surface area (Å²) in [6.07, 6.45) is 3.35. The molecular weight excluding hydrogens is 457 g/mol. The van der Waals surface area contributed by atoms with E-state index in [1.807, 2.05) is 24.8 Å². The minimum Gasteiger partial charge on any atom is -0.325 e. The van der Waals surface area contributed by atoms with Crippen LogP contribution in [0.5, 0.6) is 0 Å². The zero-order chi connectivity index (χ0) is 25.0. The SMILES string of the molecule is CCC1Cc2c(nn(C)c2-c2cc(F)c(F)c(F)c2)[C@@H](CC)N1C(=O)c1nn(C)c2ncccc12. The molecule has 0 fully saturated rings. The van der Waals surface area contributed by atoms with Crippen molar-refractivity contribution >= 4 is 16.9 Å². The molecule has 0 spiro atoms. The molecule has 0 aliphatic carbocycles. The Morgan fingerprint density at radius 1 is 1.06 bits per heavy atom. The van der Waals surface area contributed by atoms with Crippen molar-refractivity contribution in [3.05, 3.63) is 64.9 Å². The molecule has 7 nitrogen and oxygen atoms in total. The summed E-state index contributed by atoms with van der Waals surface area (Å²) in [5.41, 5.74) is 3.17. The van der Waals surface area contributed by atoms with Crippen LogP contribution in [0.4, 0.5) is 13.2 Å². The highest BCUT2D eigenvalue weighted by molar-refractivity contribution is 6.04. The van der Waals surface area contributed by atoms with E-state index in [-0.39, 0.29) is 23.6 Å². The number of hydrogen-bond donors (Lipinski definition) is 0. The number of fused-ring (bicyclic) bond motifs is 2. The van der Waals surface area contributed by atoms with E-state index in [1.54, 1.807) is 35.7 Å². The van der Waals surface area contributed by atoms with Gasteiger partial charge in [-0.2, -0.15) is 10.2 Å². The van der Waals surface area contributed by atoms with Gasteiger partial charge in [0.1, 0.15) is 0 Å². The van der Waals surface area contributed by atoms with Crippen LogP contribution in [-0.2, 0) is 20.5 Å². The lowest BCUT2D eigenvalue weighted by molar-refractivity contribution is 0.0508. The molecule has 0 N–H and O–H groups in total. The minimum atomic E-state index is -1.50. The summed E-state index contributed by atoms with van der Waals surface area (Å²) >= 11 is 0. The van der Waals surface area contributed by atoms with Crippen LogP contribution in [0.25, 0.3) is 22.3 Å². The molecule has 1 aliphatic heterocycles. The molecule has 1 unspecified atom stereocenters. The van der Waals surface area contributed by atoms with Crippen molar-refractivity contribution in [2.75, 3.05) is 0 Å². The maximum atomic E-state index is 14.1. The molecular formula is C25H25F3N6O. The predicted octanol–water partition coefficient (Wildman–Crippen LogP) is 4.71. The third-order valence-electron chi connectivity index (χ3n) is 6.81. The van der Waals surface area contributed by atoms with Crippen LogP contribution in [0, 0.1) is 17.5 Å². The number of aromatic nitrogens is 5. The molecule has 1 amide bonds. The highest BCUT2D eigenvalue weighted by atomic mass is 19.2. The lowest BCUT2D eigenvalue weighted by Gasteiger charge is -2.41. The van der Waals surface area contributed by atoms with Crippen LogP contribution in [0.15, 0.2) is 30.5 Å². The van der Waals surface area contributed by atoms with Crippen molar-refractivity contribution in [2.45, 2.75) is 45.2 Å². The molecule has 0 radical (unpaired) electrons. The average Bonchev–Trinajstić information content (AvgIpc) is 3.36. The molecule has 1 aliphatic rings. The zero-order valence-electron chi connectivity index (χ0n) is 19.9. The van der Waals surface area contributed by atoms with Crippen LogP contribution in [0.3, 0.4) is 0 Å². The van der Waals surface area contributed by atoms with Gasteiger partial charge in [0, 0.05) is 37.5 Å². The molecule has 0 saturated carbocycles. The molecule has 0 saturated heterocycles. The van der Waals surface area contributed by atoms with E-state index in [2.05, 4.69) is 15.2 Å². The molecule has 3 aromatic heterocycles. The van der Waals surface area contributed by atoms with Crippen molar-refractivity contribution in [2.24, 2.45) is 14.1 Å². The van der Waals surface area contributed by atoms with Gasteiger partial charge in [-0.1, -0.05) is 13.8 Å². The standard InChI is InChI=1S/C25H25F3N6O/c1-5-14-12-16-21(30-32(3)23(16)13-10-17(26)20(28)18(27)11-13)19(6-2)34(14)25(35)22-15-8-7-9-29-24(15)33(4)31-22/h7-11,14,19H,5-6,12H2,1-4H3/t14?,19-/m1/s1. The fourth-order valence-corrected chi connectivity index (χ4v) is 5.24. The summed E-state index contributed by atoms with van der Waals surface area (Å²) in [5, 5.41) is 9.82. The first kappa shape index (κ1) is 23.1. The molecule has 182 valence electrons. The van der Waals surface area contributed by atoms with E-state index in [0.717, 1.165) is 17.7 Å². The summed E-state index contributed by atoms with van der Waals surface area (Å²) in [6.45, 7) is 3.96. The van der Waals surface area contributed by atoms with Crippen molar-refractivity contribution in [1.29, 1.82) is 0 Å². The highest BCUT2D eigenvalue weighted by Gasteiger charge is 2.41. The van der Waals surface area contributed by atoms with Gasteiger partial charge in [-0.25, -0.2) is 22.8 Å². The molecule has 5 rings (SSSR count). The predicted molar refractivity (Wildman–Crippen MR) is 124 cm³/mol. The second kappa shape index (κ2) is 8.51. The summed E-state index contributed by atoms with van der Waals surface area (Å²) in [5.74, 6) is -4.22. The maximum absolute atomic E-state index is 14.1. The van der Waals surface area contributed by atoms with Gasteiger partial charge in [-0.3, -0.25) is 9.48 Å². The Morgan fingerprint density at radius 2 is 1.77 bits per heavy atom. The van der Waals surface area contributed by atoms with Gasteiger partial charge in [0.25, 0.3) is 5.91 Å². The molecule has 1 aromatic carbocycles. The number of carbonyl (C=O) groups excluding carboxylic acids is 1. The third kappa shape index (κ3) is 3.50. The van der Waals surface area contributed by atoms with Crippen LogP contribution in [0.1, 0.15) is 54.5 Å². The molecule has 10 heteroatoms. The Balaban J connectivity index is 1.64. The Labute approximate surface area is 200 Å². The number of hydrogen-bond acceptors (Lipinski definition) is 4. The van der Waals surface area contributed by atoms with Gasteiger partial charge in [0.2, 0.25) is 0 Å². The normalized spacial score (nSPS) is 17.7. The third-order valence-corrected chi connectivity index (χ3v) is 6.81. The summed E-state index contributed by atoms with van der Waals surface area (Å²) in [7, 11) is 3.44. The van der Waals surface area contributed by atoms with E-state index < -0.39 is 17.5 Å².